The fourth-order valence-corrected chi connectivity index (χ4v) is 5.91. The lowest BCUT2D eigenvalue weighted by Crippen LogP contribution is -2.48. The molecule has 3 aromatic rings. The Balaban J connectivity index is 1.24. The van der Waals surface area contributed by atoms with Crippen molar-refractivity contribution in [1.29, 1.82) is 0 Å². The number of amides is 1. The lowest BCUT2D eigenvalue weighted by molar-refractivity contribution is 0.0628. The summed E-state index contributed by atoms with van der Waals surface area (Å²) in [6.07, 6.45) is 5.27. The van der Waals surface area contributed by atoms with Crippen LogP contribution in [0.4, 0.5) is 0 Å². The first-order valence-corrected chi connectivity index (χ1v) is 11.5. The van der Waals surface area contributed by atoms with Crippen molar-refractivity contribution in [1.82, 2.24) is 14.8 Å². The second kappa shape index (κ2) is 7.88. The predicted molar refractivity (Wildman–Crippen MR) is 118 cm³/mol. The van der Waals surface area contributed by atoms with Gasteiger partial charge in [0.15, 0.2) is 0 Å². The van der Waals surface area contributed by atoms with Crippen molar-refractivity contribution >= 4 is 28.1 Å². The van der Waals surface area contributed by atoms with Crippen LogP contribution >= 0.6 is 11.3 Å². The molecule has 1 amide bonds. The Labute approximate surface area is 176 Å². The quantitative estimate of drug-likeness (QED) is 0.649. The molecular formula is C24H27N3OS. The number of aromatic nitrogens is 1. The smallest absolute Gasteiger partial charge is 0.255 e. The van der Waals surface area contributed by atoms with Crippen molar-refractivity contribution in [3.8, 4) is 0 Å². The van der Waals surface area contributed by atoms with E-state index in [9.17, 15) is 4.79 Å². The lowest BCUT2D eigenvalue weighted by Gasteiger charge is -2.35. The largest absolute Gasteiger partial charge is 0.336 e. The van der Waals surface area contributed by atoms with Crippen molar-refractivity contribution in [2.75, 3.05) is 26.2 Å². The standard InChI is InChI=1S/C24H27N3OS/c1-17-7-8-20-21(16-29-22(20)14-17)24(28)27-12-10-26(11-13-27)15-19-5-2-4-18-6-3-9-25-23(18)19/h2-6,9,16-17H,7-8,10-15H2,1H3. The van der Waals surface area contributed by atoms with E-state index in [1.165, 1.54) is 27.8 Å². The Morgan fingerprint density at radius 2 is 2.00 bits per heavy atom. The number of pyridine rings is 1. The number of carbonyl (C=O) groups is 1. The van der Waals surface area contributed by atoms with E-state index in [4.69, 9.17) is 0 Å². The van der Waals surface area contributed by atoms with Crippen molar-refractivity contribution in [3.05, 3.63) is 63.5 Å². The number of thiophene rings is 1. The van der Waals surface area contributed by atoms with Crippen LogP contribution in [0.5, 0.6) is 0 Å². The molecule has 1 saturated heterocycles. The van der Waals surface area contributed by atoms with Gasteiger partial charge < -0.3 is 4.90 Å². The maximum absolute atomic E-state index is 13.2. The van der Waals surface area contributed by atoms with Crippen molar-refractivity contribution in [2.24, 2.45) is 5.92 Å². The molecule has 1 unspecified atom stereocenters. The summed E-state index contributed by atoms with van der Waals surface area (Å²) in [7, 11) is 0. The molecule has 4 nitrogen and oxygen atoms in total. The minimum atomic E-state index is 0.239. The predicted octanol–water partition coefficient (Wildman–Crippen LogP) is 4.38. The minimum absolute atomic E-state index is 0.239. The third kappa shape index (κ3) is 3.69. The van der Waals surface area contributed by atoms with Crippen LogP contribution in [-0.2, 0) is 19.4 Å². The Morgan fingerprint density at radius 1 is 1.17 bits per heavy atom. The summed E-state index contributed by atoms with van der Waals surface area (Å²) >= 11 is 1.79. The average molecular weight is 406 g/mol. The Kier molecular flexibility index (Phi) is 5.10. The van der Waals surface area contributed by atoms with Crippen LogP contribution < -0.4 is 0 Å². The van der Waals surface area contributed by atoms with Gasteiger partial charge in [0.1, 0.15) is 0 Å². The van der Waals surface area contributed by atoms with E-state index in [1.54, 1.807) is 11.3 Å². The molecular weight excluding hydrogens is 378 g/mol. The lowest BCUT2D eigenvalue weighted by atomic mass is 9.88. The SMILES string of the molecule is CC1CCc2c(C(=O)N3CCN(Cc4cccc5cccnc45)CC3)csc2C1. The molecule has 1 aliphatic carbocycles. The van der Waals surface area contributed by atoms with E-state index in [0.717, 1.165) is 62.6 Å². The summed E-state index contributed by atoms with van der Waals surface area (Å²) in [6.45, 7) is 6.64. The third-order valence-corrected chi connectivity index (χ3v) is 7.45. The second-order valence-electron chi connectivity index (χ2n) is 8.46. The fourth-order valence-electron chi connectivity index (χ4n) is 4.67. The van der Waals surface area contributed by atoms with Gasteiger partial charge in [0, 0.05) is 54.6 Å². The number of rotatable bonds is 3. The zero-order chi connectivity index (χ0) is 19.8. The number of hydrogen-bond acceptors (Lipinski definition) is 4. The van der Waals surface area contributed by atoms with E-state index in [-0.39, 0.29) is 5.91 Å². The first kappa shape index (κ1) is 18.8. The summed E-state index contributed by atoms with van der Waals surface area (Å²) in [6, 6.07) is 10.5. The van der Waals surface area contributed by atoms with E-state index in [2.05, 4.69) is 51.4 Å². The molecule has 0 radical (unpaired) electrons. The molecule has 1 aliphatic heterocycles. The highest BCUT2D eigenvalue weighted by Crippen LogP contribution is 2.33. The van der Waals surface area contributed by atoms with E-state index < -0.39 is 0 Å². The number of hydrogen-bond donors (Lipinski definition) is 0. The number of carbonyl (C=O) groups excluding carboxylic acids is 1. The van der Waals surface area contributed by atoms with Gasteiger partial charge in [-0.3, -0.25) is 14.7 Å². The van der Waals surface area contributed by atoms with E-state index in [1.807, 2.05) is 12.3 Å². The Morgan fingerprint density at radius 3 is 2.86 bits per heavy atom. The third-order valence-electron chi connectivity index (χ3n) is 6.40. The Bertz CT molecular complexity index is 1030. The first-order valence-electron chi connectivity index (χ1n) is 10.6. The maximum atomic E-state index is 13.2. The summed E-state index contributed by atoms with van der Waals surface area (Å²) in [5, 5.41) is 3.30. The summed E-state index contributed by atoms with van der Waals surface area (Å²) in [5.74, 6) is 0.986. The molecule has 5 rings (SSSR count). The molecule has 3 heterocycles. The number of benzene rings is 1. The van der Waals surface area contributed by atoms with Gasteiger partial charge in [0.25, 0.3) is 5.91 Å². The highest BCUT2D eigenvalue weighted by molar-refractivity contribution is 7.10. The van der Waals surface area contributed by atoms with E-state index >= 15 is 0 Å². The van der Waals surface area contributed by atoms with Gasteiger partial charge >= 0.3 is 0 Å². The van der Waals surface area contributed by atoms with Crippen LogP contribution in [0.15, 0.2) is 41.9 Å². The highest BCUT2D eigenvalue weighted by Gasteiger charge is 2.28. The molecule has 0 saturated carbocycles. The second-order valence-corrected chi connectivity index (χ2v) is 9.42. The van der Waals surface area contributed by atoms with Crippen LogP contribution in [0.25, 0.3) is 10.9 Å². The van der Waals surface area contributed by atoms with Crippen LogP contribution in [0.2, 0.25) is 0 Å². The molecule has 1 fully saturated rings. The molecule has 29 heavy (non-hydrogen) atoms. The minimum Gasteiger partial charge on any atom is -0.336 e. The van der Waals surface area contributed by atoms with Crippen LogP contribution in [0, 0.1) is 5.92 Å². The van der Waals surface area contributed by atoms with Crippen LogP contribution in [0.1, 0.15) is 39.7 Å². The van der Waals surface area contributed by atoms with Gasteiger partial charge in [-0.05, 0) is 42.4 Å². The van der Waals surface area contributed by atoms with Crippen molar-refractivity contribution in [2.45, 2.75) is 32.7 Å². The number of fused-ring (bicyclic) bond motifs is 2. The van der Waals surface area contributed by atoms with Gasteiger partial charge in [0.05, 0.1) is 11.1 Å². The molecule has 1 aromatic carbocycles. The molecule has 0 bridgehead atoms. The monoisotopic (exact) mass is 405 g/mol. The zero-order valence-corrected chi connectivity index (χ0v) is 17.8. The normalized spacial score (nSPS) is 20.0. The average Bonchev–Trinajstić information content (AvgIpc) is 3.17. The topological polar surface area (TPSA) is 36.4 Å². The molecule has 1 atom stereocenters. The molecule has 2 aliphatic rings. The fraction of sp³-hybridized carbons (Fsp3) is 0.417. The van der Waals surface area contributed by atoms with Gasteiger partial charge in [0.2, 0.25) is 0 Å². The summed E-state index contributed by atoms with van der Waals surface area (Å²) in [4.78, 5) is 23.7. The first-order chi connectivity index (χ1) is 14.2. The van der Waals surface area contributed by atoms with Gasteiger partial charge in [-0.15, -0.1) is 11.3 Å². The van der Waals surface area contributed by atoms with Gasteiger partial charge in [-0.25, -0.2) is 0 Å². The molecule has 2 aromatic heterocycles. The summed E-state index contributed by atoms with van der Waals surface area (Å²) in [5.41, 5.74) is 4.67. The van der Waals surface area contributed by atoms with Crippen LogP contribution in [0.3, 0.4) is 0 Å². The van der Waals surface area contributed by atoms with Gasteiger partial charge in [-0.1, -0.05) is 31.2 Å². The zero-order valence-electron chi connectivity index (χ0n) is 16.9. The van der Waals surface area contributed by atoms with Crippen molar-refractivity contribution < 1.29 is 4.79 Å². The highest BCUT2D eigenvalue weighted by atomic mass is 32.1. The number of nitrogens with zero attached hydrogens (tertiary/aromatic N) is 3. The van der Waals surface area contributed by atoms with E-state index in [0.29, 0.717) is 0 Å². The molecule has 150 valence electrons. The molecule has 0 N–H and O–H groups in total. The maximum Gasteiger partial charge on any atom is 0.255 e. The molecule has 5 heteroatoms. The van der Waals surface area contributed by atoms with Gasteiger partial charge in [-0.2, -0.15) is 0 Å². The Hall–Kier alpha value is -2.24. The molecule has 0 spiro atoms. The van der Waals surface area contributed by atoms with Crippen molar-refractivity contribution in [3.63, 3.8) is 0 Å². The number of piperazine rings is 1. The van der Waals surface area contributed by atoms with Crippen LogP contribution in [-0.4, -0.2) is 46.9 Å². The number of para-hydroxylation sites is 1. The summed E-state index contributed by atoms with van der Waals surface area (Å²) < 4.78 is 0.